The molecule has 1 amide bonds. The Kier molecular flexibility index (Phi) is 6.72. The largest absolute Gasteiger partial charge is 0.491 e. The Morgan fingerprint density at radius 3 is 2.63 bits per heavy atom. The van der Waals surface area contributed by atoms with Gasteiger partial charge in [-0.2, -0.15) is 0 Å². The van der Waals surface area contributed by atoms with E-state index in [4.69, 9.17) is 21.4 Å². The smallest absolute Gasteiger partial charge is 0.251 e. The van der Waals surface area contributed by atoms with Crippen LogP contribution < -0.4 is 10.1 Å². The number of aliphatic hydroxyl groups excluding tert-OH is 1. The van der Waals surface area contributed by atoms with Gasteiger partial charge < -0.3 is 20.1 Å². The maximum Gasteiger partial charge on any atom is 0.251 e. The highest BCUT2D eigenvalue weighted by molar-refractivity contribution is 6.31. The van der Waals surface area contributed by atoms with Crippen LogP contribution in [0, 0.1) is 0 Å². The Labute approximate surface area is 182 Å². The minimum Gasteiger partial charge on any atom is -0.491 e. The molecule has 2 aromatic carbocycles. The van der Waals surface area contributed by atoms with Crippen molar-refractivity contribution in [2.24, 2.45) is 0 Å². The van der Waals surface area contributed by atoms with Gasteiger partial charge in [-0.05, 0) is 60.7 Å². The summed E-state index contributed by atoms with van der Waals surface area (Å²) in [5.74, 6) is 0.814. The zero-order chi connectivity index (χ0) is 20.9. The van der Waals surface area contributed by atoms with Gasteiger partial charge in [-0.3, -0.25) is 4.79 Å². The molecule has 0 spiro atoms. The van der Waals surface area contributed by atoms with E-state index in [1.807, 2.05) is 53.4 Å². The van der Waals surface area contributed by atoms with Gasteiger partial charge in [0.25, 0.3) is 5.91 Å². The van der Waals surface area contributed by atoms with E-state index in [0.717, 1.165) is 48.1 Å². The fourth-order valence-electron chi connectivity index (χ4n) is 3.86. The normalized spacial score (nSPS) is 16.5. The van der Waals surface area contributed by atoms with E-state index >= 15 is 0 Å². The Hall–Kier alpha value is -2.34. The van der Waals surface area contributed by atoms with Gasteiger partial charge in [-0.15, -0.1) is 0 Å². The number of amides is 1. The number of nitrogens with zero attached hydrogens (tertiary/aromatic N) is 1. The highest BCUT2D eigenvalue weighted by Gasteiger charge is 2.35. The molecule has 2 aliphatic rings. The van der Waals surface area contributed by atoms with Crippen LogP contribution in [0.1, 0.15) is 30.4 Å². The van der Waals surface area contributed by atoms with Crippen LogP contribution >= 0.6 is 11.6 Å². The SMILES string of the molecule is O=C(C1=C(c2ccc(OCCO)cc2)CCNC1)N(Cc1ccccc1Cl)C1CC1. The molecule has 2 N–H and O–H groups in total. The number of rotatable bonds is 8. The number of halogens is 1. The second-order valence-electron chi connectivity index (χ2n) is 7.74. The van der Waals surface area contributed by atoms with E-state index in [1.54, 1.807) is 0 Å². The summed E-state index contributed by atoms with van der Waals surface area (Å²) in [5.41, 5.74) is 3.96. The zero-order valence-corrected chi connectivity index (χ0v) is 17.7. The Morgan fingerprint density at radius 1 is 1.17 bits per heavy atom. The second kappa shape index (κ2) is 9.65. The third-order valence-electron chi connectivity index (χ3n) is 5.59. The number of benzene rings is 2. The summed E-state index contributed by atoms with van der Waals surface area (Å²) in [6.45, 7) is 2.22. The number of nitrogens with one attached hydrogen (secondary N) is 1. The summed E-state index contributed by atoms with van der Waals surface area (Å²) < 4.78 is 5.46. The lowest BCUT2D eigenvalue weighted by molar-refractivity contribution is -0.128. The molecule has 0 saturated heterocycles. The summed E-state index contributed by atoms with van der Waals surface area (Å²) in [6.07, 6.45) is 2.90. The van der Waals surface area contributed by atoms with Crippen molar-refractivity contribution in [3.63, 3.8) is 0 Å². The predicted molar refractivity (Wildman–Crippen MR) is 118 cm³/mol. The van der Waals surface area contributed by atoms with Crippen molar-refractivity contribution in [1.82, 2.24) is 10.2 Å². The third-order valence-corrected chi connectivity index (χ3v) is 5.95. The molecule has 6 heteroatoms. The van der Waals surface area contributed by atoms with Crippen LogP contribution in [-0.2, 0) is 11.3 Å². The van der Waals surface area contributed by atoms with Crippen LogP contribution in [0.15, 0.2) is 54.1 Å². The molecule has 1 saturated carbocycles. The molecule has 0 radical (unpaired) electrons. The summed E-state index contributed by atoms with van der Waals surface area (Å²) in [6, 6.07) is 15.8. The second-order valence-corrected chi connectivity index (χ2v) is 8.14. The molecule has 0 bridgehead atoms. The predicted octanol–water partition coefficient (Wildman–Crippen LogP) is 3.65. The van der Waals surface area contributed by atoms with Crippen LogP contribution in [0.3, 0.4) is 0 Å². The maximum absolute atomic E-state index is 13.6. The highest BCUT2D eigenvalue weighted by Crippen LogP contribution is 2.34. The first-order valence-corrected chi connectivity index (χ1v) is 10.9. The van der Waals surface area contributed by atoms with Gasteiger partial charge in [0.05, 0.1) is 6.61 Å². The average Bonchev–Trinajstić information content (AvgIpc) is 3.62. The number of carbonyl (C=O) groups excluding carboxylic acids is 1. The summed E-state index contributed by atoms with van der Waals surface area (Å²) in [7, 11) is 0. The molecule has 158 valence electrons. The van der Waals surface area contributed by atoms with Crippen molar-refractivity contribution in [1.29, 1.82) is 0 Å². The fourth-order valence-corrected chi connectivity index (χ4v) is 4.06. The van der Waals surface area contributed by atoms with Crippen LogP contribution in [-0.4, -0.2) is 48.3 Å². The third kappa shape index (κ3) is 4.86. The summed E-state index contributed by atoms with van der Waals surface area (Å²) in [5, 5.41) is 13.0. The molecule has 5 nitrogen and oxygen atoms in total. The number of ether oxygens (including phenoxy) is 1. The number of hydrogen-bond donors (Lipinski definition) is 2. The van der Waals surface area contributed by atoms with Crippen molar-refractivity contribution in [2.45, 2.75) is 31.8 Å². The molecule has 0 aromatic heterocycles. The maximum atomic E-state index is 13.6. The first kappa shape index (κ1) is 20.9. The fraction of sp³-hybridized carbons (Fsp3) is 0.375. The zero-order valence-electron chi connectivity index (χ0n) is 16.9. The lowest BCUT2D eigenvalue weighted by atomic mass is 9.93. The molecule has 1 fully saturated rings. The van der Waals surface area contributed by atoms with E-state index in [0.29, 0.717) is 29.9 Å². The van der Waals surface area contributed by atoms with Crippen LogP contribution in [0.25, 0.3) is 5.57 Å². The van der Waals surface area contributed by atoms with Crippen LogP contribution in [0.4, 0.5) is 0 Å². The van der Waals surface area contributed by atoms with Gasteiger partial charge in [0, 0.05) is 29.7 Å². The molecule has 0 atom stereocenters. The quantitative estimate of drug-likeness (QED) is 0.676. The Morgan fingerprint density at radius 2 is 1.93 bits per heavy atom. The monoisotopic (exact) mass is 426 g/mol. The van der Waals surface area contributed by atoms with Crippen molar-refractivity contribution in [2.75, 3.05) is 26.3 Å². The molecular formula is C24H27ClN2O3. The van der Waals surface area contributed by atoms with Crippen molar-refractivity contribution in [3.05, 3.63) is 70.3 Å². The minimum atomic E-state index is -0.0142. The first-order valence-electron chi connectivity index (χ1n) is 10.5. The molecule has 1 aliphatic carbocycles. The van der Waals surface area contributed by atoms with E-state index in [1.165, 1.54) is 0 Å². The van der Waals surface area contributed by atoms with Gasteiger partial charge >= 0.3 is 0 Å². The molecule has 2 aromatic rings. The number of hydrogen-bond acceptors (Lipinski definition) is 4. The van der Waals surface area contributed by atoms with Gasteiger partial charge in [0.2, 0.25) is 0 Å². The summed E-state index contributed by atoms with van der Waals surface area (Å²) >= 11 is 6.37. The Bertz CT molecular complexity index is 922. The highest BCUT2D eigenvalue weighted by atomic mass is 35.5. The Balaban J connectivity index is 1.60. The van der Waals surface area contributed by atoms with E-state index < -0.39 is 0 Å². The van der Waals surface area contributed by atoms with E-state index in [2.05, 4.69) is 5.32 Å². The van der Waals surface area contributed by atoms with E-state index in [-0.39, 0.29) is 19.1 Å². The van der Waals surface area contributed by atoms with Gasteiger partial charge in [-0.1, -0.05) is 41.9 Å². The average molecular weight is 427 g/mol. The van der Waals surface area contributed by atoms with Crippen molar-refractivity contribution >= 4 is 23.1 Å². The van der Waals surface area contributed by atoms with E-state index in [9.17, 15) is 4.79 Å². The topological polar surface area (TPSA) is 61.8 Å². The minimum absolute atomic E-state index is 0.0142. The first-order chi connectivity index (χ1) is 14.7. The number of aliphatic hydroxyl groups is 1. The molecule has 1 heterocycles. The summed E-state index contributed by atoms with van der Waals surface area (Å²) in [4.78, 5) is 15.6. The lowest BCUT2D eigenvalue weighted by Gasteiger charge is -2.28. The van der Waals surface area contributed by atoms with Gasteiger partial charge in [0.1, 0.15) is 12.4 Å². The van der Waals surface area contributed by atoms with Gasteiger partial charge in [0.15, 0.2) is 0 Å². The van der Waals surface area contributed by atoms with Crippen molar-refractivity contribution in [3.8, 4) is 5.75 Å². The van der Waals surface area contributed by atoms with Crippen LogP contribution in [0.5, 0.6) is 5.75 Å². The molecule has 4 rings (SSSR count). The lowest BCUT2D eigenvalue weighted by Crippen LogP contribution is -2.39. The van der Waals surface area contributed by atoms with Crippen LogP contribution in [0.2, 0.25) is 5.02 Å². The number of carbonyl (C=O) groups is 1. The molecule has 30 heavy (non-hydrogen) atoms. The van der Waals surface area contributed by atoms with Gasteiger partial charge in [-0.25, -0.2) is 0 Å². The van der Waals surface area contributed by atoms with Crippen molar-refractivity contribution < 1.29 is 14.6 Å². The standard InChI is InChI=1S/C24H27ClN2O3/c25-23-4-2-1-3-18(23)16-27(19-7-8-19)24(29)22-15-26-12-11-21(22)17-5-9-20(10-6-17)30-14-13-28/h1-6,9-10,19,26,28H,7-8,11-16H2. The molecule has 0 unspecified atom stereocenters. The molecular weight excluding hydrogens is 400 g/mol. The molecule has 1 aliphatic heterocycles.